The van der Waals surface area contributed by atoms with Crippen LogP contribution >= 0.6 is 0 Å². The van der Waals surface area contributed by atoms with E-state index >= 15 is 0 Å². The third kappa shape index (κ3) is 5.17. The van der Waals surface area contributed by atoms with E-state index in [9.17, 15) is 9.18 Å². The molecule has 0 spiro atoms. The van der Waals surface area contributed by atoms with Crippen LogP contribution < -0.4 is 5.73 Å². The summed E-state index contributed by atoms with van der Waals surface area (Å²) in [4.78, 5) is 29.2. The van der Waals surface area contributed by atoms with Crippen LogP contribution in [-0.2, 0) is 22.6 Å². The summed E-state index contributed by atoms with van der Waals surface area (Å²) in [7, 11) is 0. The van der Waals surface area contributed by atoms with E-state index in [0.717, 1.165) is 16.8 Å². The Morgan fingerprint density at radius 1 is 1.06 bits per heavy atom. The topological polar surface area (TPSA) is 121 Å². The van der Waals surface area contributed by atoms with Crippen LogP contribution in [-0.4, -0.2) is 36.5 Å². The molecule has 0 aliphatic rings. The highest BCUT2D eigenvalue weighted by Crippen LogP contribution is 2.20. The van der Waals surface area contributed by atoms with E-state index in [4.69, 9.17) is 10.6 Å². The molecule has 9 nitrogen and oxygen atoms in total. The summed E-state index contributed by atoms with van der Waals surface area (Å²) in [5.74, 6) is -0.963. The Morgan fingerprint density at radius 3 is 2.50 bits per heavy atom. The number of benzene rings is 1. The molecule has 0 unspecified atom stereocenters. The third-order valence-corrected chi connectivity index (χ3v) is 4.46. The van der Waals surface area contributed by atoms with Crippen LogP contribution in [0.5, 0.6) is 0 Å². The molecule has 4 rings (SSSR count). The van der Waals surface area contributed by atoms with Crippen LogP contribution in [0.3, 0.4) is 0 Å². The summed E-state index contributed by atoms with van der Waals surface area (Å²) in [6.07, 6.45) is 6.75. The number of aromatic nitrogens is 5. The van der Waals surface area contributed by atoms with Gasteiger partial charge in [-0.25, -0.2) is 19.2 Å². The lowest BCUT2D eigenvalue weighted by Crippen LogP contribution is -2.20. The number of amidine groups is 1. The standard InChI is InChI=1S/C22H18FN7O2/c23-17-4-2-15(3-5-17)12-18-13-19(16-6-10-25-11-7-16)28-30(18)14-20(31)32-29-21(24)22-26-8-1-9-27-22/h1-11,13H,12,14H2,(H2,24,29). The number of hydrogen-bond donors (Lipinski definition) is 1. The van der Waals surface area contributed by atoms with E-state index in [0.29, 0.717) is 12.1 Å². The number of oxime groups is 1. The molecular formula is C22H18FN7O2. The van der Waals surface area contributed by atoms with Gasteiger partial charge in [-0.15, -0.1) is 0 Å². The Labute approximate surface area is 182 Å². The SMILES string of the molecule is N/C(=N\OC(=O)Cn1nc(-c2ccncc2)cc1Cc1ccc(F)cc1)c1ncccn1. The van der Waals surface area contributed by atoms with Crippen molar-refractivity contribution in [2.24, 2.45) is 10.9 Å². The summed E-state index contributed by atoms with van der Waals surface area (Å²) >= 11 is 0. The van der Waals surface area contributed by atoms with Crippen LogP contribution in [0.2, 0.25) is 0 Å². The highest BCUT2D eigenvalue weighted by molar-refractivity contribution is 5.93. The number of rotatable bonds is 7. The van der Waals surface area contributed by atoms with Gasteiger partial charge in [-0.3, -0.25) is 9.67 Å². The zero-order chi connectivity index (χ0) is 22.3. The molecule has 0 saturated heterocycles. The van der Waals surface area contributed by atoms with Crippen molar-refractivity contribution in [2.75, 3.05) is 0 Å². The number of pyridine rings is 1. The summed E-state index contributed by atoms with van der Waals surface area (Å²) in [6.45, 7) is -0.200. The van der Waals surface area contributed by atoms with Crippen molar-refractivity contribution in [3.8, 4) is 11.3 Å². The molecule has 3 heterocycles. The van der Waals surface area contributed by atoms with Crippen molar-refractivity contribution in [3.05, 3.63) is 96.2 Å². The predicted octanol–water partition coefficient (Wildman–Crippen LogP) is 2.33. The highest BCUT2D eigenvalue weighted by Gasteiger charge is 2.15. The van der Waals surface area contributed by atoms with E-state index in [1.54, 1.807) is 30.6 Å². The molecular weight excluding hydrogens is 413 g/mol. The van der Waals surface area contributed by atoms with Crippen molar-refractivity contribution in [1.82, 2.24) is 24.7 Å². The van der Waals surface area contributed by atoms with E-state index in [2.05, 4.69) is 25.2 Å². The van der Waals surface area contributed by atoms with Crippen LogP contribution in [0.4, 0.5) is 4.39 Å². The zero-order valence-electron chi connectivity index (χ0n) is 16.8. The minimum atomic E-state index is -0.673. The lowest BCUT2D eigenvalue weighted by Gasteiger charge is -2.06. The van der Waals surface area contributed by atoms with Gasteiger partial charge in [0, 0.05) is 42.5 Å². The number of carbonyl (C=O) groups excluding carboxylic acids is 1. The molecule has 0 saturated carbocycles. The van der Waals surface area contributed by atoms with Crippen LogP contribution in [0.1, 0.15) is 17.1 Å². The second-order valence-electron chi connectivity index (χ2n) is 6.73. The van der Waals surface area contributed by atoms with E-state index in [1.807, 2.05) is 18.2 Å². The van der Waals surface area contributed by atoms with Gasteiger partial charge >= 0.3 is 5.97 Å². The molecule has 160 valence electrons. The number of carbonyl (C=O) groups is 1. The Kier molecular flexibility index (Phi) is 6.21. The van der Waals surface area contributed by atoms with Crippen LogP contribution in [0.15, 0.2) is 78.5 Å². The maximum atomic E-state index is 13.3. The molecule has 0 fully saturated rings. The highest BCUT2D eigenvalue weighted by atomic mass is 19.1. The maximum absolute atomic E-state index is 13.3. The molecule has 0 aliphatic carbocycles. The van der Waals surface area contributed by atoms with Crippen LogP contribution in [0, 0.1) is 5.82 Å². The minimum absolute atomic E-state index is 0.122. The van der Waals surface area contributed by atoms with E-state index < -0.39 is 5.97 Å². The fourth-order valence-electron chi connectivity index (χ4n) is 2.93. The van der Waals surface area contributed by atoms with Crippen molar-refractivity contribution < 1.29 is 14.0 Å². The largest absolute Gasteiger partial charge is 0.378 e. The molecule has 4 aromatic rings. The van der Waals surface area contributed by atoms with Gasteiger partial charge in [-0.05, 0) is 42.0 Å². The normalized spacial score (nSPS) is 11.3. The number of nitrogens with zero attached hydrogens (tertiary/aromatic N) is 6. The first-order chi connectivity index (χ1) is 15.6. The molecule has 3 aromatic heterocycles. The van der Waals surface area contributed by atoms with E-state index in [-0.39, 0.29) is 24.0 Å². The number of hydrogen-bond acceptors (Lipinski definition) is 7. The van der Waals surface area contributed by atoms with Crippen LogP contribution in [0.25, 0.3) is 11.3 Å². The number of halogens is 1. The molecule has 10 heteroatoms. The molecule has 0 bridgehead atoms. The average molecular weight is 431 g/mol. The first-order valence-electron chi connectivity index (χ1n) is 9.61. The van der Waals surface area contributed by atoms with Gasteiger partial charge in [0.2, 0.25) is 5.84 Å². The van der Waals surface area contributed by atoms with Gasteiger partial charge in [-0.1, -0.05) is 17.3 Å². The minimum Gasteiger partial charge on any atom is -0.378 e. The fraction of sp³-hybridized carbons (Fsp3) is 0.0909. The molecule has 0 amide bonds. The second-order valence-corrected chi connectivity index (χ2v) is 6.73. The Bertz CT molecular complexity index is 1230. The van der Waals surface area contributed by atoms with Gasteiger partial charge in [0.15, 0.2) is 5.82 Å². The maximum Gasteiger partial charge on any atom is 0.356 e. The Morgan fingerprint density at radius 2 is 1.78 bits per heavy atom. The smallest absolute Gasteiger partial charge is 0.356 e. The van der Waals surface area contributed by atoms with Gasteiger partial charge in [0.05, 0.1) is 5.69 Å². The van der Waals surface area contributed by atoms with Crippen molar-refractivity contribution in [3.63, 3.8) is 0 Å². The fourth-order valence-corrected chi connectivity index (χ4v) is 2.93. The molecule has 32 heavy (non-hydrogen) atoms. The average Bonchev–Trinajstić information content (AvgIpc) is 3.22. The van der Waals surface area contributed by atoms with E-state index in [1.165, 1.54) is 29.2 Å². The number of nitrogens with two attached hydrogens (primary N) is 1. The lowest BCUT2D eigenvalue weighted by molar-refractivity contribution is -0.144. The Hall–Kier alpha value is -4.47. The molecule has 2 N–H and O–H groups in total. The zero-order valence-corrected chi connectivity index (χ0v) is 16.8. The van der Waals surface area contributed by atoms with Gasteiger partial charge in [0.25, 0.3) is 0 Å². The van der Waals surface area contributed by atoms with Crippen molar-refractivity contribution in [1.29, 1.82) is 0 Å². The molecule has 0 atom stereocenters. The molecule has 1 aromatic carbocycles. The second kappa shape index (κ2) is 9.56. The summed E-state index contributed by atoms with van der Waals surface area (Å²) in [5.41, 5.74) is 8.86. The first kappa shape index (κ1) is 20.8. The monoisotopic (exact) mass is 431 g/mol. The third-order valence-electron chi connectivity index (χ3n) is 4.46. The van der Waals surface area contributed by atoms with Gasteiger partial charge in [0.1, 0.15) is 12.4 Å². The molecule has 0 radical (unpaired) electrons. The van der Waals surface area contributed by atoms with Gasteiger partial charge < -0.3 is 10.6 Å². The lowest BCUT2D eigenvalue weighted by atomic mass is 10.1. The molecule has 0 aliphatic heterocycles. The van der Waals surface area contributed by atoms with Gasteiger partial charge in [-0.2, -0.15) is 5.10 Å². The van der Waals surface area contributed by atoms with Crippen molar-refractivity contribution in [2.45, 2.75) is 13.0 Å². The summed E-state index contributed by atoms with van der Waals surface area (Å²) in [5, 5.41) is 8.14. The quantitative estimate of drug-likeness (QED) is 0.206. The van der Waals surface area contributed by atoms with Crippen molar-refractivity contribution >= 4 is 11.8 Å². The summed E-state index contributed by atoms with van der Waals surface area (Å²) in [6, 6.07) is 13.3. The first-order valence-corrected chi connectivity index (χ1v) is 9.61. The predicted molar refractivity (Wildman–Crippen MR) is 114 cm³/mol. The Balaban J connectivity index is 1.55. The summed E-state index contributed by atoms with van der Waals surface area (Å²) < 4.78 is 14.8.